The van der Waals surface area contributed by atoms with Gasteiger partial charge in [0.25, 0.3) is 11.8 Å². The SMILES string of the molecule is CNC(=O)c1cccc(NC(=O)COC(=O)c2ccc3nc(C)c(C)nc3c2)c1. The molecule has 3 aromatic rings. The summed E-state index contributed by atoms with van der Waals surface area (Å²) in [5, 5.41) is 5.10. The van der Waals surface area contributed by atoms with E-state index in [2.05, 4.69) is 20.6 Å². The number of hydrogen-bond donors (Lipinski definition) is 2. The number of anilines is 1. The largest absolute Gasteiger partial charge is 0.452 e. The molecule has 0 aliphatic rings. The quantitative estimate of drug-likeness (QED) is 0.645. The van der Waals surface area contributed by atoms with E-state index in [9.17, 15) is 14.4 Å². The van der Waals surface area contributed by atoms with Crippen LogP contribution in [0.2, 0.25) is 0 Å². The minimum Gasteiger partial charge on any atom is -0.452 e. The predicted octanol–water partition coefficient (Wildman–Crippen LogP) is 2.40. The third-order valence-electron chi connectivity index (χ3n) is 4.28. The highest BCUT2D eigenvalue weighted by Crippen LogP contribution is 2.15. The lowest BCUT2D eigenvalue weighted by Crippen LogP contribution is -2.22. The number of benzene rings is 2. The zero-order valence-electron chi connectivity index (χ0n) is 16.3. The smallest absolute Gasteiger partial charge is 0.338 e. The number of ether oxygens (including phenoxy) is 1. The number of nitrogens with one attached hydrogen (secondary N) is 2. The Kier molecular flexibility index (Phi) is 5.82. The summed E-state index contributed by atoms with van der Waals surface area (Å²) in [6, 6.07) is 11.3. The molecule has 0 radical (unpaired) electrons. The fraction of sp³-hybridized carbons (Fsp3) is 0.190. The van der Waals surface area contributed by atoms with Crippen LogP contribution in [0.5, 0.6) is 0 Å². The number of aromatic nitrogens is 2. The van der Waals surface area contributed by atoms with Gasteiger partial charge in [0.05, 0.1) is 28.0 Å². The molecule has 0 aliphatic carbocycles. The van der Waals surface area contributed by atoms with E-state index in [4.69, 9.17) is 4.74 Å². The van der Waals surface area contributed by atoms with Crippen molar-refractivity contribution in [3.05, 3.63) is 65.0 Å². The van der Waals surface area contributed by atoms with Crippen LogP contribution in [0.3, 0.4) is 0 Å². The number of rotatable bonds is 5. The summed E-state index contributed by atoms with van der Waals surface area (Å²) in [4.78, 5) is 44.8. The van der Waals surface area contributed by atoms with Gasteiger partial charge in [0.2, 0.25) is 0 Å². The molecule has 1 heterocycles. The van der Waals surface area contributed by atoms with E-state index in [-0.39, 0.29) is 11.5 Å². The number of carbonyl (C=O) groups excluding carboxylic acids is 3. The van der Waals surface area contributed by atoms with E-state index in [0.29, 0.717) is 22.3 Å². The second-order valence-corrected chi connectivity index (χ2v) is 6.38. The molecule has 0 fully saturated rings. The zero-order valence-corrected chi connectivity index (χ0v) is 16.3. The lowest BCUT2D eigenvalue weighted by molar-refractivity contribution is -0.119. The van der Waals surface area contributed by atoms with Crippen molar-refractivity contribution in [2.24, 2.45) is 0 Å². The van der Waals surface area contributed by atoms with Gasteiger partial charge in [-0.15, -0.1) is 0 Å². The first kappa shape index (κ1) is 19.9. The molecular weight excluding hydrogens is 372 g/mol. The van der Waals surface area contributed by atoms with Gasteiger partial charge >= 0.3 is 5.97 Å². The van der Waals surface area contributed by atoms with Crippen molar-refractivity contribution in [1.29, 1.82) is 0 Å². The summed E-state index contributed by atoms with van der Waals surface area (Å²) in [7, 11) is 1.52. The molecule has 2 amide bonds. The summed E-state index contributed by atoms with van der Waals surface area (Å²) in [6.07, 6.45) is 0. The number of carbonyl (C=O) groups is 3. The Morgan fingerprint density at radius 1 is 0.931 bits per heavy atom. The summed E-state index contributed by atoms with van der Waals surface area (Å²) in [6.45, 7) is 3.25. The Hall–Kier alpha value is -3.81. The number of amides is 2. The van der Waals surface area contributed by atoms with Gasteiger partial charge in [0.1, 0.15) is 0 Å². The van der Waals surface area contributed by atoms with Gasteiger partial charge in [-0.1, -0.05) is 6.07 Å². The Bertz CT molecular complexity index is 1110. The van der Waals surface area contributed by atoms with E-state index in [0.717, 1.165) is 11.4 Å². The Morgan fingerprint density at radius 2 is 1.66 bits per heavy atom. The highest BCUT2D eigenvalue weighted by Gasteiger charge is 2.13. The predicted molar refractivity (Wildman–Crippen MR) is 108 cm³/mol. The highest BCUT2D eigenvalue weighted by atomic mass is 16.5. The minimum atomic E-state index is -0.638. The molecule has 0 spiro atoms. The number of fused-ring (bicyclic) bond motifs is 1. The van der Waals surface area contributed by atoms with Crippen LogP contribution in [0.15, 0.2) is 42.5 Å². The maximum atomic E-state index is 12.3. The van der Waals surface area contributed by atoms with Crippen molar-refractivity contribution in [3.63, 3.8) is 0 Å². The molecule has 1 aromatic heterocycles. The monoisotopic (exact) mass is 392 g/mol. The Labute approximate surface area is 167 Å². The van der Waals surface area contributed by atoms with Crippen molar-refractivity contribution in [1.82, 2.24) is 15.3 Å². The fourth-order valence-corrected chi connectivity index (χ4v) is 2.65. The lowest BCUT2D eigenvalue weighted by atomic mass is 10.2. The van der Waals surface area contributed by atoms with Gasteiger partial charge < -0.3 is 15.4 Å². The maximum Gasteiger partial charge on any atom is 0.338 e. The lowest BCUT2D eigenvalue weighted by Gasteiger charge is -2.08. The third-order valence-corrected chi connectivity index (χ3v) is 4.28. The number of hydrogen-bond acceptors (Lipinski definition) is 6. The summed E-state index contributed by atoms with van der Waals surface area (Å²) >= 11 is 0. The van der Waals surface area contributed by atoms with Crippen molar-refractivity contribution in [2.45, 2.75) is 13.8 Å². The molecule has 29 heavy (non-hydrogen) atoms. The second kappa shape index (κ2) is 8.47. The van der Waals surface area contributed by atoms with Crippen molar-refractivity contribution >= 4 is 34.5 Å². The van der Waals surface area contributed by atoms with E-state index in [1.807, 2.05) is 13.8 Å². The third kappa shape index (κ3) is 4.73. The number of aryl methyl sites for hydroxylation is 2. The van der Waals surface area contributed by atoms with Gasteiger partial charge in [0, 0.05) is 18.3 Å². The maximum absolute atomic E-state index is 12.3. The molecule has 0 bridgehead atoms. The zero-order chi connectivity index (χ0) is 21.0. The molecule has 0 atom stereocenters. The first-order valence-electron chi connectivity index (χ1n) is 8.91. The average molecular weight is 392 g/mol. The van der Waals surface area contributed by atoms with Gasteiger partial charge in [-0.2, -0.15) is 0 Å². The normalized spacial score (nSPS) is 10.4. The fourth-order valence-electron chi connectivity index (χ4n) is 2.65. The van der Waals surface area contributed by atoms with Crippen molar-refractivity contribution in [3.8, 4) is 0 Å². The number of esters is 1. The van der Waals surface area contributed by atoms with Crippen LogP contribution in [-0.2, 0) is 9.53 Å². The Morgan fingerprint density at radius 3 is 2.38 bits per heavy atom. The van der Waals surface area contributed by atoms with Gasteiger partial charge in [-0.05, 0) is 50.2 Å². The molecule has 8 nitrogen and oxygen atoms in total. The van der Waals surface area contributed by atoms with Crippen LogP contribution in [0.4, 0.5) is 5.69 Å². The molecule has 2 N–H and O–H groups in total. The number of nitrogens with zero attached hydrogens (tertiary/aromatic N) is 2. The van der Waals surface area contributed by atoms with Crippen molar-refractivity contribution < 1.29 is 19.1 Å². The van der Waals surface area contributed by atoms with Crippen LogP contribution in [0, 0.1) is 13.8 Å². The Balaban J connectivity index is 1.63. The molecule has 2 aromatic carbocycles. The van der Waals surface area contributed by atoms with Crippen LogP contribution >= 0.6 is 0 Å². The second-order valence-electron chi connectivity index (χ2n) is 6.38. The summed E-state index contributed by atoms with van der Waals surface area (Å²) in [5.74, 6) is -1.42. The van der Waals surface area contributed by atoms with Crippen molar-refractivity contribution in [2.75, 3.05) is 19.0 Å². The topological polar surface area (TPSA) is 110 Å². The molecule has 0 aliphatic heterocycles. The van der Waals surface area contributed by atoms with E-state index in [1.54, 1.807) is 36.4 Å². The van der Waals surface area contributed by atoms with Gasteiger partial charge in [-0.25, -0.2) is 14.8 Å². The molecule has 148 valence electrons. The first-order valence-corrected chi connectivity index (χ1v) is 8.91. The minimum absolute atomic E-state index is 0.266. The van der Waals surface area contributed by atoms with E-state index in [1.165, 1.54) is 13.1 Å². The van der Waals surface area contributed by atoms with E-state index < -0.39 is 18.5 Å². The summed E-state index contributed by atoms with van der Waals surface area (Å²) < 4.78 is 5.09. The molecule has 8 heteroatoms. The van der Waals surface area contributed by atoms with Crippen LogP contribution in [0.25, 0.3) is 11.0 Å². The average Bonchev–Trinajstić information content (AvgIpc) is 2.72. The molecular formula is C21H20N4O4. The molecule has 0 unspecified atom stereocenters. The highest BCUT2D eigenvalue weighted by molar-refractivity contribution is 5.99. The first-order chi connectivity index (χ1) is 13.9. The molecule has 0 saturated carbocycles. The summed E-state index contributed by atoms with van der Waals surface area (Å²) in [5.41, 5.74) is 3.98. The van der Waals surface area contributed by atoms with Gasteiger partial charge in [-0.3, -0.25) is 9.59 Å². The standard InChI is InChI=1S/C21H20N4O4/c1-12-13(2)24-18-10-15(7-8-17(18)23-12)21(28)29-11-19(26)25-16-6-4-5-14(9-16)20(27)22-3/h4-10H,11H2,1-3H3,(H,22,27)(H,25,26). The van der Waals surface area contributed by atoms with Crippen LogP contribution in [-0.4, -0.2) is 41.4 Å². The van der Waals surface area contributed by atoms with Gasteiger partial charge in [0.15, 0.2) is 6.61 Å². The van der Waals surface area contributed by atoms with Crippen LogP contribution in [0.1, 0.15) is 32.1 Å². The molecule has 3 rings (SSSR count). The van der Waals surface area contributed by atoms with Crippen LogP contribution < -0.4 is 10.6 Å². The molecule has 0 saturated heterocycles. The van der Waals surface area contributed by atoms with E-state index >= 15 is 0 Å².